The van der Waals surface area contributed by atoms with E-state index in [2.05, 4.69) is 30.0 Å². The van der Waals surface area contributed by atoms with Crippen molar-refractivity contribution < 1.29 is 4.79 Å². The van der Waals surface area contributed by atoms with Gasteiger partial charge in [0.1, 0.15) is 5.69 Å². The number of hydrogen-bond donors (Lipinski definition) is 0. The van der Waals surface area contributed by atoms with Gasteiger partial charge in [0.25, 0.3) is 5.91 Å². The third kappa shape index (κ3) is 2.31. The lowest BCUT2D eigenvalue weighted by Gasteiger charge is -2.39. The van der Waals surface area contributed by atoms with Gasteiger partial charge in [-0.3, -0.25) is 4.79 Å². The highest BCUT2D eigenvalue weighted by Crippen LogP contribution is 2.52. The van der Waals surface area contributed by atoms with E-state index in [4.69, 9.17) is 0 Å². The highest BCUT2D eigenvalue weighted by molar-refractivity contribution is 7.05. The highest BCUT2D eigenvalue weighted by Gasteiger charge is 2.51. The Bertz CT molecular complexity index is 522. The lowest BCUT2D eigenvalue weighted by molar-refractivity contribution is 0.0703. The van der Waals surface area contributed by atoms with Gasteiger partial charge in [0.15, 0.2) is 0 Å². The van der Waals surface area contributed by atoms with Gasteiger partial charge in [0.2, 0.25) is 0 Å². The predicted molar refractivity (Wildman–Crippen MR) is 77.4 cm³/mol. The summed E-state index contributed by atoms with van der Waals surface area (Å²) in [5.41, 5.74) is 1.29. The minimum Gasteiger partial charge on any atom is -0.334 e. The Kier molecular flexibility index (Phi) is 2.79. The molecular formula is C15H22N2OS. The fraction of sp³-hybridized carbons (Fsp3) is 0.733. The van der Waals surface area contributed by atoms with Crippen LogP contribution in [0.3, 0.4) is 0 Å². The van der Waals surface area contributed by atoms with Crippen molar-refractivity contribution in [3.8, 4) is 0 Å². The second-order valence-corrected chi connectivity index (χ2v) is 8.48. The molecule has 0 spiro atoms. The van der Waals surface area contributed by atoms with E-state index in [1.54, 1.807) is 0 Å². The Labute approximate surface area is 119 Å². The molecule has 1 saturated carbocycles. The predicted octanol–water partition coefficient (Wildman–Crippen LogP) is 3.49. The van der Waals surface area contributed by atoms with Crippen LogP contribution in [-0.4, -0.2) is 27.8 Å². The second-order valence-electron chi connectivity index (χ2n) is 7.47. The molecule has 4 heteroatoms. The summed E-state index contributed by atoms with van der Waals surface area (Å²) in [4.78, 5) is 15.8. The fourth-order valence-electron chi connectivity index (χ4n) is 4.31. The molecule has 104 valence electrons. The van der Waals surface area contributed by atoms with Crippen LogP contribution >= 0.6 is 11.5 Å². The van der Waals surface area contributed by atoms with E-state index in [0.29, 0.717) is 22.6 Å². The number of fused-ring (bicyclic) bond motifs is 2. The van der Waals surface area contributed by atoms with E-state index in [1.165, 1.54) is 18.0 Å². The second kappa shape index (κ2) is 4.05. The Balaban J connectivity index is 1.86. The van der Waals surface area contributed by atoms with Gasteiger partial charge in [-0.05, 0) is 54.6 Å². The van der Waals surface area contributed by atoms with Crippen LogP contribution in [0.1, 0.15) is 55.4 Å². The van der Waals surface area contributed by atoms with Crippen LogP contribution in [0.4, 0.5) is 0 Å². The maximum absolute atomic E-state index is 12.6. The molecule has 1 aromatic heterocycles. The van der Waals surface area contributed by atoms with E-state index >= 15 is 0 Å². The zero-order chi connectivity index (χ0) is 13.8. The summed E-state index contributed by atoms with van der Waals surface area (Å²) in [5, 5.41) is 0. The molecule has 1 saturated heterocycles. The van der Waals surface area contributed by atoms with Crippen molar-refractivity contribution in [1.82, 2.24) is 9.27 Å². The van der Waals surface area contributed by atoms with Crippen molar-refractivity contribution in [3.05, 3.63) is 16.6 Å². The molecule has 1 aliphatic carbocycles. The standard InChI is InChI=1S/C15H22N2OS/c1-10-5-12(16-19-10)13(18)17-9-15(4)7-11(17)6-14(2,3)8-15/h5,11H,6-9H2,1-4H3. The molecule has 2 fully saturated rings. The van der Waals surface area contributed by atoms with E-state index in [-0.39, 0.29) is 5.91 Å². The SMILES string of the molecule is Cc1cc(C(=O)N2CC3(C)CC2CC(C)(C)C3)ns1. The number of aryl methyl sites for hydroxylation is 1. The normalized spacial score (nSPS) is 32.6. The lowest BCUT2D eigenvalue weighted by Crippen LogP contribution is -2.37. The van der Waals surface area contributed by atoms with E-state index in [1.807, 2.05) is 13.0 Å². The first-order valence-electron chi connectivity index (χ1n) is 7.02. The van der Waals surface area contributed by atoms with Gasteiger partial charge in [-0.2, -0.15) is 4.37 Å². The van der Waals surface area contributed by atoms with Crippen LogP contribution in [-0.2, 0) is 0 Å². The number of carbonyl (C=O) groups is 1. The van der Waals surface area contributed by atoms with E-state index in [0.717, 1.165) is 24.3 Å². The third-order valence-corrected chi connectivity index (χ3v) is 5.22. The Morgan fingerprint density at radius 3 is 2.79 bits per heavy atom. The maximum Gasteiger partial charge on any atom is 0.273 e. The molecule has 0 radical (unpaired) electrons. The highest BCUT2D eigenvalue weighted by atomic mass is 32.1. The van der Waals surface area contributed by atoms with Crippen LogP contribution in [0.25, 0.3) is 0 Å². The van der Waals surface area contributed by atoms with Gasteiger partial charge in [0, 0.05) is 17.5 Å². The van der Waals surface area contributed by atoms with Crippen molar-refractivity contribution in [1.29, 1.82) is 0 Å². The van der Waals surface area contributed by atoms with Crippen LogP contribution in [0.15, 0.2) is 6.07 Å². The molecule has 2 atom stereocenters. The zero-order valence-corrected chi connectivity index (χ0v) is 13.0. The van der Waals surface area contributed by atoms with Crippen molar-refractivity contribution in [2.24, 2.45) is 10.8 Å². The largest absolute Gasteiger partial charge is 0.334 e. The lowest BCUT2D eigenvalue weighted by atomic mass is 9.65. The molecule has 0 aromatic carbocycles. The monoisotopic (exact) mass is 278 g/mol. The number of amides is 1. The van der Waals surface area contributed by atoms with E-state index < -0.39 is 0 Å². The zero-order valence-electron chi connectivity index (χ0n) is 12.2. The number of carbonyl (C=O) groups excluding carboxylic acids is 1. The Hall–Kier alpha value is -0.900. The number of likely N-dealkylation sites (tertiary alicyclic amines) is 1. The first-order chi connectivity index (χ1) is 8.78. The first kappa shape index (κ1) is 13.1. The van der Waals surface area contributed by atoms with Crippen molar-refractivity contribution in [2.45, 2.75) is 53.0 Å². The van der Waals surface area contributed by atoms with Gasteiger partial charge in [-0.15, -0.1) is 0 Å². The van der Waals surface area contributed by atoms with Crippen LogP contribution in [0.5, 0.6) is 0 Å². The van der Waals surface area contributed by atoms with Gasteiger partial charge < -0.3 is 4.90 Å². The average Bonchev–Trinajstić information content (AvgIpc) is 2.78. The summed E-state index contributed by atoms with van der Waals surface area (Å²) in [6.07, 6.45) is 3.50. The minimum absolute atomic E-state index is 0.135. The molecule has 19 heavy (non-hydrogen) atoms. The summed E-state index contributed by atoms with van der Waals surface area (Å²) in [6, 6.07) is 2.33. The summed E-state index contributed by atoms with van der Waals surface area (Å²) in [6.45, 7) is 9.90. The third-order valence-electron chi connectivity index (χ3n) is 4.52. The summed E-state index contributed by atoms with van der Waals surface area (Å²) < 4.78 is 4.28. The molecule has 3 nitrogen and oxygen atoms in total. The van der Waals surface area contributed by atoms with Crippen LogP contribution in [0, 0.1) is 17.8 Å². The van der Waals surface area contributed by atoms with Gasteiger partial charge in [0.05, 0.1) is 0 Å². The van der Waals surface area contributed by atoms with Crippen molar-refractivity contribution >= 4 is 17.4 Å². The molecule has 2 aliphatic rings. The smallest absolute Gasteiger partial charge is 0.273 e. The van der Waals surface area contributed by atoms with Crippen molar-refractivity contribution in [3.63, 3.8) is 0 Å². The van der Waals surface area contributed by atoms with Crippen molar-refractivity contribution in [2.75, 3.05) is 6.54 Å². The van der Waals surface area contributed by atoms with Gasteiger partial charge in [-0.25, -0.2) is 0 Å². The molecule has 2 bridgehead atoms. The summed E-state index contributed by atoms with van der Waals surface area (Å²) >= 11 is 1.42. The van der Waals surface area contributed by atoms with Gasteiger partial charge in [-0.1, -0.05) is 20.8 Å². The summed E-state index contributed by atoms with van der Waals surface area (Å²) in [5.74, 6) is 0.135. The number of nitrogens with zero attached hydrogens (tertiary/aromatic N) is 2. The first-order valence-corrected chi connectivity index (χ1v) is 7.80. The molecule has 1 amide bonds. The molecular weight excluding hydrogens is 256 g/mol. The number of hydrogen-bond acceptors (Lipinski definition) is 3. The number of rotatable bonds is 1. The molecule has 2 unspecified atom stereocenters. The topological polar surface area (TPSA) is 33.2 Å². The molecule has 1 aromatic rings. The Morgan fingerprint density at radius 2 is 2.16 bits per heavy atom. The van der Waals surface area contributed by atoms with Gasteiger partial charge >= 0.3 is 0 Å². The average molecular weight is 278 g/mol. The van der Waals surface area contributed by atoms with Crippen LogP contribution in [0.2, 0.25) is 0 Å². The molecule has 0 N–H and O–H groups in total. The summed E-state index contributed by atoms with van der Waals surface area (Å²) in [7, 11) is 0. The van der Waals surface area contributed by atoms with E-state index in [9.17, 15) is 4.79 Å². The van der Waals surface area contributed by atoms with Crippen LogP contribution < -0.4 is 0 Å². The minimum atomic E-state index is 0.135. The number of aromatic nitrogens is 1. The quantitative estimate of drug-likeness (QED) is 0.788. The Morgan fingerprint density at radius 1 is 1.42 bits per heavy atom. The molecule has 3 rings (SSSR count). The molecule has 1 aliphatic heterocycles. The fourth-order valence-corrected chi connectivity index (χ4v) is 4.85. The molecule has 2 heterocycles. The maximum atomic E-state index is 12.6.